The number of rotatable bonds is 10. The molecule has 3 nitrogen and oxygen atoms in total. The number of nitrogens with zero attached hydrogens (tertiary/aromatic N) is 1. The van der Waals surface area contributed by atoms with E-state index in [0.717, 1.165) is 32.2 Å². The molecule has 1 aliphatic heterocycles. The van der Waals surface area contributed by atoms with E-state index in [2.05, 4.69) is 37.9 Å². The molecule has 1 aliphatic rings. The molecule has 0 aromatic carbocycles. The van der Waals surface area contributed by atoms with Crippen LogP contribution in [0.5, 0.6) is 0 Å². The molecule has 2 atom stereocenters. The van der Waals surface area contributed by atoms with Gasteiger partial charge in [0.1, 0.15) is 0 Å². The maximum absolute atomic E-state index is 5.56. The van der Waals surface area contributed by atoms with Crippen molar-refractivity contribution >= 4 is 0 Å². The van der Waals surface area contributed by atoms with Crippen LogP contribution < -0.4 is 5.32 Å². The van der Waals surface area contributed by atoms with Crippen molar-refractivity contribution in [3.05, 3.63) is 0 Å². The van der Waals surface area contributed by atoms with Crippen LogP contribution in [0.2, 0.25) is 0 Å². The first-order valence-corrected chi connectivity index (χ1v) is 8.28. The molecule has 0 amide bonds. The third-order valence-corrected chi connectivity index (χ3v) is 4.57. The Balaban J connectivity index is 2.48. The Bertz CT molecular complexity index is 213. The van der Waals surface area contributed by atoms with Gasteiger partial charge in [0, 0.05) is 31.7 Å². The predicted octanol–water partition coefficient (Wildman–Crippen LogP) is 2.76. The highest BCUT2D eigenvalue weighted by atomic mass is 16.5. The molecule has 0 radical (unpaired) electrons. The summed E-state index contributed by atoms with van der Waals surface area (Å²) in [5, 5.41) is 3.68. The van der Waals surface area contributed by atoms with Gasteiger partial charge in [-0.25, -0.2) is 0 Å². The number of ether oxygens (including phenoxy) is 1. The average Bonchev–Trinajstić information content (AvgIpc) is 2.96. The van der Waals surface area contributed by atoms with Crippen LogP contribution in [0, 0.1) is 11.8 Å². The SMILES string of the molecule is CCNC(CN(CC)CC(CC)CC)C1CCOC1. The Hall–Kier alpha value is -0.120. The molecule has 1 fully saturated rings. The van der Waals surface area contributed by atoms with E-state index < -0.39 is 0 Å². The van der Waals surface area contributed by atoms with Gasteiger partial charge in [-0.1, -0.05) is 40.5 Å². The first-order chi connectivity index (χ1) is 9.24. The third kappa shape index (κ3) is 5.80. The lowest BCUT2D eigenvalue weighted by atomic mass is 9.97. The van der Waals surface area contributed by atoms with Crippen molar-refractivity contribution < 1.29 is 4.74 Å². The van der Waals surface area contributed by atoms with Gasteiger partial charge in [-0.3, -0.25) is 0 Å². The molecule has 0 saturated carbocycles. The van der Waals surface area contributed by atoms with Crippen LogP contribution in [-0.4, -0.2) is 50.3 Å². The maximum Gasteiger partial charge on any atom is 0.0510 e. The minimum atomic E-state index is 0.599. The van der Waals surface area contributed by atoms with Crippen LogP contribution in [0.4, 0.5) is 0 Å². The standard InChI is InChI=1S/C16H34N2O/c1-5-14(6-2)11-18(8-4)12-16(17-7-3)15-9-10-19-13-15/h14-17H,5-13H2,1-4H3. The maximum atomic E-state index is 5.56. The minimum Gasteiger partial charge on any atom is -0.381 e. The Kier molecular flexibility index (Phi) is 8.67. The summed E-state index contributed by atoms with van der Waals surface area (Å²) < 4.78 is 5.56. The van der Waals surface area contributed by atoms with Crippen LogP contribution >= 0.6 is 0 Å². The fourth-order valence-corrected chi connectivity index (χ4v) is 3.04. The second kappa shape index (κ2) is 9.73. The van der Waals surface area contributed by atoms with Crippen molar-refractivity contribution in [1.82, 2.24) is 10.2 Å². The van der Waals surface area contributed by atoms with Gasteiger partial charge < -0.3 is 15.0 Å². The molecular formula is C16H34N2O. The number of hydrogen-bond acceptors (Lipinski definition) is 3. The van der Waals surface area contributed by atoms with E-state index >= 15 is 0 Å². The summed E-state index contributed by atoms with van der Waals surface area (Å²) in [6.07, 6.45) is 3.82. The summed E-state index contributed by atoms with van der Waals surface area (Å²) in [6.45, 7) is 15.7. The zero-order valence-electron chi connectivity index (χ0n) is 13.5. The summed E-state index contributed by atoms with van der Waals surface area (Å²) in [6, 6.07) is 0.599. The van der Waals surface area contributed by atoms with Crippen molar-refractivity contribution in [3.8, 4) is 0 Å². The molecule has 1 rings (SSSR count). The lowest BCUT2D eigenvalue weighted by Crippen LogP contribution is -2.47. The van der Waals surface area contributed by atoms with Crippen LogP contribution in [0.1, 0.15) is 47.0 Å². The van der Waals surface area contributed by atoms with Crippen LogP contribution in [0.3, 0.4) is 0 Å². The van der Waals surface area contributed by atoms with Crippen LogP contribution in [-0.2, 0) is 4.74 Å². The summed E-state index contributed by atoms with van der Waals surface area (Å²) in [5.74, 6) is 1.55. The van der Waals surface area contributed by atoms with E-state index in [1.807, 2.05) is 0 Å². The fraction of sp³-hybridized carbons (Fsp3) is 1.00. The van der Waals surface area contributed by atoms with Crippen molar-refractivity contribution in [2.24, 2.45) is 11.8 Å². The first kappa shape index (κ1) is 16.9. The summed E-state index contributed by atoms with van der Waals surface area (Å²) in [5.41, 5.74) is 0. The normalized spacial score (nSPS) is 21.5. The lowest BCUT2D eigenvalue weighted by Gasteiger charge is -2.32. The van der Waals surface area contributed by atoms with E-state index in [1.54, 1.807) is 0 Å². The quantitative estimate of drug-likeness (QED) is 0.660. The van der Waals surface area contributed by atoms with E-state index in [1.165, 1.54) is 32.4 Å². The Morgan fingerprint density at radius 2 is 1.89 bits per heavy atom. The lowest BCUT2D eigenvalue weighted by molar-refractivity contribution is 0.155. The molecule has 1 saturated heterocycles. The second-order valence-electron chi connectivity index (χ2n) is 5.82. The zero-order valence-corrected chi connectivity index (χ0v) is 13.5. The van der Waals surface area contributed by atoms with E-state index in [4.69, 9.17) is 4.74 Å². The molecule has 1 heterocycles. The Labute approximate surface area is 120 Å². The van der Waals surface area contributed by atoms with Crippen molar-refractivity contribution in [1.29, 1.82) is 0 Å². The van der Waals surface area contributed by atoms with Crippen molar-refractivity contribution in [2.75, 3.05) is 39.4 Å². The van der Waals surface area contributed by atoms with Gasteiger partial charge >= 0.3 is 0 Å². The monoisotopic (exact) mass is 270 g/mol. The van der Waals surface area contributed by atoms with Gasteiger partial charge in [0.25, 0.3) is 0 Å². The Morgan fingerprint density at radius 1 is 1.16 bits per heavy atom. The van der Waals surface area contributed by atoms with Gasteiger partial charge in [0.2, 0.25) is 0 Å². The van der Waals surface area contributed by atoms with E-state index in [-0.39, 0.29) is 0 Å². The summed E-state index contributed by atoms with van der Waals surface area (Å²) >= 11 is 0. The second-order valence-corrected chi connectivity index (χ2v) is 5.82. The summed E-state index contributed by atoms with van der Waals surface area (Å²) in [4.78, 5) is 2.63. The van der Waals surface area contributed by atoms with E-state index in [9.17, 15) is 0 Å². The number of hydrogen-bond donors (Lipinski definition) is 1. The van der Waals surface area contributed by atoms with Crippen molar-refractivity contribution in [3.63, 3.8) is 0 Å². The number of likely N-dealkylation sites (N-methyl/N-ethyl adjacent to an activating group) is 2. The minimum absolute atomic E-state index is 0.599. The van der Waals surface area contributed by atoms with E-state index in [0.29, 0.717) is 12.0 Å². The average molecular weight is 270 g/mol. The molecule has 0 aliphatic carbocycles. The van der Waals surface area contributed by atoms with Crippen molar-refractivity contribution in [2.45, 2.75) is 53.0 Å². The molecular weight excluding hydrogens is 236 g/mol. The first-order valence-electron chi connectivity index (χ1n) is 8.28. The van der Waals surface area contributed by atoms with Crippen LogP contribution in [0.25, 0.3) is 0 Å². The predicted molar refractivity (Wildman–Crippen MR) is 82.6 cm³/mol. The molecule has 114 valence electrons. The highest BCUT2D eigenvalue weighted by Crippen LogP contribution is 2.19. The smallest absolute Gasteiger partial charge is 0.0510 e. The molecule has 1 N–H and O–H groups in total. The van der Waals surface area contributed by atoms with Gasteiger partial charge in [0.15, 0.2) is 0 Å². The van der Waals surface area contributed by atoms with Gasteiger partial charge in [-0.15, -0.1) is 0 Å². The van der Waals surface area contributed by atoms with Gasteiger partial charge in [0.05, 0.1) is 6.61 Å². The molecule has 3 heteroatoms. The topological polar surface area (TPSA) is 24.5 Å². The fourth-order valence-electron chi connectivity index (χ4n) is 3.04. The number of nitrogens with one attached hydrogen (secondary N) is 1. The summed E-state index contributed by atoms with van der Waals surface area (Å²) in [7, 11) is 0. The highest BCUT2D eigenvalue weighted by molar-refractivity contribution is 4.82. The van der Waals surface area contributed by atoms with Gasteiger partial charge in [-0.05, 0) is 25.4 Å². The molecule has 19 heavy (non-hydrogen) atoms. The third-order valence-electron chi connectivity index (χ3n) is 4.57. The molecule has 0 spiro atoms. The highest BCUT2D eigenvalue weighted by Gasteiger charge is 2.26. The molecule has 0 aromatic rings. The van der Waals surface area contributed by atoms with Crippen LogP contribution in [0.15, 0.2) is 0 Å². The molecule has 0 aromatic heterocycles. The molecule has 0 bridgehead atoms. The van der Waals surface area contributed by atoms with Gasteiger partial charge in [-0.2, -0.15) is 0 Å². The Morgan fingerprint density at radius 3 is 2.37 bits per heavy atom. The molecule has 2 unspecified atom stereocenters. The largest absolute Gasteiger partial charge is 0.381 e. The zero-order chi connectivity index (χ0) is 14.1.